The summed E-state index contributed by atoms with van der Waals surface area (Å²) in [7, 11) is 1.37. The fraction of sp³-hybridized carbons (Fsp3) is 0.167. The Labute approximate surface area is 154 Å². The largest absolute Gasteiger partial charge is 0.465 e. The number of esters is 1. The summed E-state index contributed by atoms with van der Waals surface area (Å²) in [5.41, 5.74) is 2.05. The lowest BCUT2D eigenvalue weighted by atomic mass is 10.1. The molecule has 0 spiro atoms. The van der Waals surface area contributed by atoms with Crippen LogP contribution in [-0.2, 0) is 11.3 Å². The molecule has 7 heteroatoms. The summed E-state index contributed by atoms with van der Waals surface area (Å²) >= 11 is 2.96. The molecule has 25 heavy (non-hydrogen) atoms. The first-order valence-electron chi connectivity index (χ1n) is 7.59. The summed E-state index contributed by atoms with van der Waals surface area (Å²) in [6, 6.07) is 13.8. The van der Waals surface area contributed by atoms with Gasteiger partial charge < -0.3 is 10.1 Å². The van der Waals surface area contributed by atoms with E-state index in [0.717, 1.165) is 10.4 Å². The van der Waals surface area contributed by atoms with Crippen molar-refractivity contribution >= 4 is 34.9 Å². The molecule has 0 fully saturated rings. The molecule has 0 unspecified atom stereocenters. The number of anilines is 1. The van der Waals surface area contributed by atoms with E-state index in [9.17, 15) is 4.79 Å². The zero-order valence-electron chi connectivity index (χ0n) is 13.9. The second-order valence-electron chi connectivity index (χ2n) is 5.09. The molecule has 2 aromatic heterocycles. The molecule has 2 heterocycles. The van der Waals surface area contributed by atoms with Crippen molar-refractivity contribution in [2.45, 2.75) is 11.7 Å². The number of nitrogens with zero attached hydrogens (tertiary/aromatic N) is 2. The Morgan fingerprint density at radius 3 is 2.64 bits per heavy atom. The van der Waals surface area contributed by atoms with Crippen LogP contribution in [-0.4, -0.2) is 29.3 Å². The predicted octanol–water partition coefficient (Wildman–Crippen LogP) is 4.33. The minimum Gasteiger partial charge on any atom is -0.465 e. The summed E-state index contributed by atoms with van der Waals surface area (Å²) in [5.74, 6) is 0.0325. The van der Waals surface area contributed by atoms with Gasteiger partial charge >= 0.3 is 5.97 Å². The molecule has 0 saturated carbocycles. The molecular formula is C18H17N3O2S2. The van der Waals surface area contributed by atoms with Gasteiger partial charge in [0.2, 0.25) is 0 Å². The van der Waals surface area contributed by atoms with E-state index in [2.05, 4.69) is 15.3 Å². The van der Waals surface area contributed by atoms with Crippen molar-refractivity contribution in [1.29, 1.82) is 0 Å². The van der Waals surface area contributed by atoms with E-state index in [0.29, 0.717) is 28.8 Å². The van der Waals surface area contributed by atoms with Gasteiger partial charge in [-0.1, -0.05) is 48.2 Å². The standard InChI is InChI=1S/C18H17N3O2S2/c1-23-17(22)14-15(13-9-6-10-25-13)20-18(24-2)21-16(14)19-11-12-7-4-3-5-8-12/h3-10H,11H2,1-2H3,(H,19,20,21). The van der Waals surface area contributed by atoms with Crippen LogP contribution in [0, 0.1) is 0 Å². The van der Waals surface area contributed by atoms with Gasteiger partial charge in [-0.05, 0) is 23.3 Å². The number of thioether (sulfide) groups is 1. The van der Waals surface area contributed by atoms with E-state index in [1.165, 1.54) is 30.2 Å². The number of thiophene rings is 1. The Morgan fingerprint density at radius 1 is 1.20 bits per heavy atom. The Hall–Kier alpha value is -2.38. The number of rotatable bonds is 6. The summed E-state index contributed by atoms with van der Waals surface area (Å²) in [6.07, 6.45) is 1.91. The van der Waals surface area contributed by atoms with Crippen LogP contribution >= 0.6 is 23.1 Å². The molecule has 0 radical (unpaired) electrons. The minimum atomic E-state index is -0.452. The molecule has 128 valence electrons. The maximum atomic E-state index is 12.4. The van der Waals surface area contributed by atoms with Crippen LogP contribution in [0.5, 0.6) is 0 Å². The fourth-order valence-corrected chi connectivity index (χ4v) is 3.41. The van der Waals surface area contributed by atoms with Crippen molar-refractivity contribution < 1.29 is 9.53 Å². The van der Waals surface area contributed by atoms with Gasteiger partial charge in [0.1, 0.15) is 17.1 Å². The fourth-order valence-electron chi connectivity index (χ4n) is 2.33. The molecule has 0 saturated heterocycles. The SMILES string of the molecule is COC(=O)c1c(NCc2ccccc2)nc(SC)nc1-c1cccs1. The first-order chi connectivity index (χ1) is 12.2. The van der Waals surface area contributed by atoms with Gasteiger partial charge in [-0.15, -0.1) is 11.3 Å². The molecule has 0 aliphatic carbocycles. The van der Waals surface area contributed by atoms with Crippen molar-refractivity contribution in [2.24, 2.45) is 0 Å². The number of ether oxygens (including phenoxy) is 1. The quantitative estimate of drug-likeness (QED) is 0.395. The maximum absolute atomic E-state index is 12.4. The summed E-state index contributed by atoms with van der Waals surface area (Å²) in [4.78, 5) is 22.4. The number of carbonyl (C=O) groups is 1. The van der Waals surface area contributed by atoms with Crippen molar-refractivity contribution in [2.75, 3.05) is 18.7 Å². The van der Waals surface area contributed by atoms with Crippen LogP contribution in [0.2, 0.25) is 0 Å². The molecule has 1 aromatic carbocycles. The molecule has 3 aromatic rings. The first-order valence-corrected chi connectivity index (χ1v) is 9.69. The number of benzene rings is 1. The number of aromatic nitrogens is 2. The van der Waals surface area contributed by atoms with Crippen LogP contribution in [0.25, 0.3) is 10.6 Å². The number of methoxy groups -OCH3 is 1. The third-order valence-electron chi connectivity index (χ3n) is 3.52. The molecule has 0 aliphatic heterocycles. The number of hydrogen-bond acceptors (Lipinski definition) is 7. The number of hydrogen-bond donors (Lipinski definition) is 1. The molecule has 5 nitrogen and oxygen atoms in total. The van der Waals surface area contributed by atoms with Crippen LogP contribution < -0.4 is 5.32 Å². The Kier molecular flexibility index (Phi) is 5.67. The molecular weight excluding hydrogens is 354 g/mol. The van der Waals surface area contributed by atoms with Crippen molar-refractivity contribution in [3.8, 4) is 10.6 Å². The number of nitrogens with one attached hydrogen (secondary N) is 1. The third kappa shape index (κ3) is 4.00. The van der Waals surface area contributed by atoms with Gasteiger partial charge in [0.15, 0.2) is 5.16 Å². The average molecular weight is 371 g/mol. The lowest BCUT2D eigenvalue weighted by Gasteiger charge is -2.14. The first kappa shape index (κ1) is 17.4. The van der Waals surface area contributed by atoms with Gasteiger partial charge in [-0.25, -0.2) is 14.8 Å². The van der Waals surface area contributed by atoms with Crippen LogP contribution in [0.3, 0.4) is 0 Å². The van der Waals surface area contributed by atoms with Crippen LogP contribution in [0.1, 0.15) is 15.9 Å². The third-order valence-corrected chi connectivity index (χ3v) is 4.94. The van der Waals surface area contributed by atoms with Crippen LogP contribution in [0.4, 0.5) is 5.82 Å². The zero-order chi connectivity index (χ0) is 17.6. The topological polar surface area (TPSA) is 64.1 Å². The van der Waals surface area contributed by atoms with E-state index in [1.807, 2.05) is 54.1 Å². The summed E-state index contributed by atoms with van der Waals surface area (Å²) in [6.45, 7) is 0.555. The van der Waals surface area contributed by atoms with E-state index < -0.39 is 5.97 Å². The zero-order valence-corrected chi connectivity index (χ0v) is 15.5. The second-order valence-corrected chi connectivity index (χ2v) is 6.81. The van der Waals surface area contributed by atoms with Gasteiger partial charge in [-0.3, -0.25) is 0 Å². The monoisotopic (exact) mass is 371 g/mol. The van der Waals surface area contributed by atoms with Crippen LogP contribution in [0.15, 0.2) is 53.0 Å². The van der Waals surface area contributed by atoms with E-state index in [4.69, 9.17) is 4.74 Å². The maximum Gasteiger partial charge on any atom is 0.343 e. The smallest absolute Gasteiger partial charge is 0.343 e. The van der Waals surface area contributed by atoms with Gasteiger partial charge in [-0.2, -0.15) is 0 Å². The highest BCUT2D eigenvalue weighted by Crippen LogP contribution is 2.32. The second kappa shape index (κ2) is 8.13. The lowest BCUT2D eigenvalue weighted by Crippen LogP contribution is -2.13. The molecule has 3 rings (SSSR count). The average Bonchev–Trinajstić information content (AvgIpc) is 3.20. The van der Waals surface area contributed by atoms with Crippen molar-refractivity contribution in [3.63, 3.8) is 0 Å². The van der Waals surface area contributed by atoms with Crippen molar-refractivity contribution in [3.05, 3.63) is 59.0 Å². The summed E-state index contributed by atoms with van der Waals surface area (Å²) < 4.78 is 4.98. The predicted molar refractivity (Wildman–Crippen MR) is 102 cm³/mol. The molecule has 1 N–H and O–H groups in total. The van der Waals surface area contributed by atoms with Gasteiger partial charge in [0.25, 0.3) is 0 Å². The molecule has 0 aliphatic rings. The van der Waals surface area contributed by atoms with Crippen molar-refractivity contribution in [1.82, 2.24) is 9.97 Å². The molecule has 0 bridgehead atoms. The normalized spacial score (nSPS) is 10.5. The molecule has 0 atom stereocenters. The number of carbonyl (C=O) groups excluding carboxylic acids is 1. The van der Waals surface area contributed by atoms with E-state index in [1.54, 1.807) is 0 Å². The van der Waals surface area contributed by atoms with Gasteiger partial charge in [0.05, 0.1) is 12.0 Å². The highest BCUT2D eigenvalue weighted by molar-refractivity contribution is 7.98. The van der Waals surface area contributed by atoms with E-state index in [-0.39, 0.29) is 0 Å². The van der Waals surface area contributed by atoms with E-state index >= 15 is 0 Å². The highest BCUT2D eigenvalue weighted by atomic mass is 32.2. The lowest BCUT2D eigenvalue weighted by molar-refractivity contribution is 0.0601. The minimum absolute atomic E-state index is 0.360. The molecule has 0 amide bonds. The Balaban J connectivity index is 2.05. The highest BCUT2D eigenvalue weighted by Gasteiger charge is 2.23. The summed E-state index contributed by atoms with van der Waals surface area (Å²) in [5, 5.41) is 5.82. The Bertz CT molecular complexity index is 852. The van der Waals surface area contributed by atoms with Gasteiger partial charge in [0, 0.05) is 6.54 Å². The Morgan fingerprint density at radius 2 is 2.00 bits per heavy atom.